The van der Waals surface area contributed by atoms with Gasteiger partial charge in [0.2, 0.25) is 0 Å². The summed E-state index contributed by atoms with van der Waals surface area (Å²) in [5.74, 6) is 0.398. The molecule has 5 heteroatoms. The smallest absolute Gasteiger partial charge is 0.254 e. The van der Waals surface area contributed by atoms with Crippen LogP contribution in [0.1, 0.15) is 31.9 Å². The molecule has 2 aromatic heterocycles. The zero-order valence-corrected chi connectivity index (χ0v) is 9.64. The first kappa shape index (κ1) is 11.7. The average molecular weight is 237 g/mol. The zero-order chi connectivity index (χ0) is 12.4. The maximum Gasteiger partial charge on any atom is 0.333 e. The van der Waals surface area contributed by atoms with Gasteiger partial charge in [0.05, 0.1) is 5.69 Å². The Labute approximate surface area is 98.1 Å². The van der Waals surface area contributed by atoms with E-state index in [-0.39, 0.29) is 0 Å². The molecule has 0 unspecified atom stereocenters. The van der Waals surface area contributed by atoms with E-state index >= 15 is 0 Å². The van der Waals surface area contributed by atoms with Crippen molar-refractivity contribution in [3.63, 3.8) is 0 Å². The van der Waals surface area contributed by atoms with E-state index < -0.39 is 6.55 Å². The van der Waals surface area contributed by atoms with E-state index in [1.807, 2.05) is 6.07 Å². The van der Waals surface area contributed by atoms with Crippen LogP contribution in [-0.2, 0) is 0 Å². The number of alkyl halides is 2. The van der Waals surface area contributed by atoms with Crippen LogP contribution in [0.2, 0.25) is 0 Å². The van der Waals surface area contributed by atoms with Gasteiger partial charge >= 0.3 is 6.55 Å². The number of hydrogen-bond acceptors (Lipinski definition) is 2. The maximum atomic E-state index is 12.3. The first-order valence-electron chi connectivity index (χ1n) is 5.37. The van der Waals surface area contributed by atoms with Gasteiger partial charge in [-0.1, -0.05) is 19.9 Å². The molecule has 0 saturated carbocycles. The molecule has 0 N–H and O–H groups in total. The molecule has 0 atom stereocenters. The minimum absolute atomic E-state index is 0.398. The molecule has 0 aromatic carbocycles. The number of pyridine rings is 1. The van der Waals surface area contributed by atoms with Crippen molar-refractivity contribution < 1.29 is 8.78 Å². The van der Waals surface area contributed by atoms with E-state index in [9.17, 15) is 8.78 Å². The molecule has 0 aliphatic heterocycles. The second-order valence-electron chi connectivity index (χ2n) is 4.09. The van der Waals surface area contributed by atoms with Gasteiger partial charge in [-0.25, -0.2) is 4.68 Å². The number of aromatic nitrogens is 3. The number of hydrogen-bond donors (Lipinski definition) is 0. The standard InChI is InChI=1S/C12H13F2N3/c1-8(2)9-3-4-10(15-7-9)11-5-6-17(16-11)12(13)14/h3-8,12H,1-2H3. The Hall–Kier alpha value is -1.78. The monoisotopic (exact) mass is 237 g/mol. The quantitative estimate of drug-likeness (QED) is 0.818. The molecule has 0 aliphatic carbocycles. The number of rotatable bonds is 3. The summed E-state index contributed by atoms with van der Waals surface area (Å²) in [6.45, 7) is 1.53. The molecule has 90 valence electrons. The predicted octanol–water partition coefficient (Wildman–Crippen LogP) is 3.46. The second-order valence-corrected chi connectivity index (χ2v) is 4.09. The van der Waals surface area contributed by atoms with E-state index in [2.05, 4.69) is 23.9 Å². The van der Waals surface area contributed by atoms with Crippen molar-refractivity contribution in [2.24, 2.45) is 0 Å². The van der Waals surface area contributed by atoms with Gasteiger partial charge in [-0.15, -0.1) is 0 Å². The van der Waals surface area contributed by atoms with Crippen molar-refractivity contribution in [3.8, 4) is 11.4 Å². The van der Waals surface area contributed by atoms with Crippen LogP contribution < -0.4 is 0 Å². The summed E-state index contributed by atoms with van der Waals surface area (Å²) in [4.78, 5) is 4.22. The van der Waals surface area contributed by atoms with Crippen molar-refractivity contribution in [3.05, 3.63) is 36.2 Å². The highest BCUT2D eigenvalue weighted by Crippen LogP contribution is 2.19. The molecule has 0 saturated heterocycles. The van der Waals surface area contributed by atoms with Gasteiger partial charge in [0.1, 0.15) is 5.69 Å². The van der Waals surface area contributed by atoms with Crippen LogP contribution in [0.3, 0.4) is 0 Å². The SMILES string of the molecule is CC(C)c1ccc(-c2ccn(C(F)F)n2)nc1. The van der Waals surface area contributed by atoms with Crippen LogP contribution in [-0.4, -0.2) is 14.8 Å². The van der Waals surface area contributed by atoms with Crippen molar-refractivity contribution in [1.29, 1.82) is 0 Å². The van der Waals surface area contributed by atoms with Crippen LogP contribution in [0.25, 0.3) is 11.4 Å². The van der Waals surface area contributed by atoms with Crippen molar-refractivity contribution in [1.82, 2.24) is 14.8 Å². The predicted molar refractivity (Wildman–Crippen MR) is 60.8 cm³/mol. The van der Waals surface area contributed by atoms with Crippen molar-refractivity contribution >= 4 is 0 Å². The second kappa shape index (κ2) is 4.61. The van der Waals surface area contributed by atoms with E-state index in [1.54, 1.807) is 12.3 Å². The van der Waals surface area contributed by atoms with Crippen LogP contribution in [0, 0.1) is 0 Å². The molecule has 2 heterocycles. The van der Waals surface area contributed by atoms with Gasteiger partial charge in [-0.3, -0.25) is 4.98 Å². The fraction of sp³-hybridized carbons (Fsp3) is 0.333. The molecule has 0 radical (unpaired) electrons. The molecule has 0 spiro atoms. The average Bonchev–Trinajstić information content (AvgIpc) is 2.78. The number of nitrogens with zero attached hydrogens (tertiary/aromatic N) is 3. The first-order valence-corrected chi connectivity index (χ1v) is 5.37. The Kier molecular flexibility index (Phi) is 3.17. The van der Waals surface area contributed by atoms with E-state index in [1.165, 1.54) is 12.3 Å². The zero-order valence-electron chi connectivity index (χ0n) is 9.64. The lowest BCUT2D eigenvalue weighted by molar-refractivity contribution is 0.0568. The molecule has 0 amide bonds. The summed E-state index contributed by atoms with van der Waals surface area (Å²) in [6, 6.07) is 5.27. The lowest BCUT2D eigenvalue weighted by Gasteiger charge is -2.04. The summed E-state index contributed by atoms with van der Waals surface area (Å²) in [7, 11) is 0. The molecular weight excluding hydrogens is 224 g/mol. The van der Waals surface area contributed by atoms with Crippen LogP contribution >= 0.6 is 0 Å². The van der Waals surface area contributed by atoms with Gasteiger partial charge in [-0.05, 0) is 23.6 Å². The molecule has 0 fully saturated rings. The summed E-state index contributed by atoms with van der Waals surface area (Å²) in [6.07, 6.45) is 3.00. The van der Waals surface area contributed by atoms with Gasteiger partial charge in [0.15, 0.2) is 0 Å². The van der Waals surface area contributed by atoms with Gasteiger partial charge < -0.3 is 0 Å². The summed E-state index contributed by atoms with van der Waals surface area (Å²) in [5, 5.41) is 3.76. The van der Waals surface area contributed by atoms with Crippen molar-refractivity contribution in [2.45, 2.75) is 26.3 Å². The third-order valence-electron chi connectivity index (χ3n) is 2.52. The molecule has 2 aromatic rings. The lowest BCUT2D eigenvalue weighted by atomic mass is 10.1. The Morgan fingerprint density at radius 1 is 1.12 bits per heavy atom. The Morgan fingerprint density at radius 2 is 1.88 bits per heavy atom. The molecule has 0 bridgehead atoms. The largest absolute Gasteiger partial charge is 0.333 e. The molecular formula is C12H13F2N3. The summed E-state index contributed by atoms with van der Waals surface area (Å²) in [5.41, 5.74) is 2.18. The summed E-state index contributed by atoms with van der Waals surface area (Å²) < 4.78 is 25.3. The van der Waals surface area contributed by atoms with Crippen molar-refractivity contribution in [2.75, 3.05) is 0 Å². The molecule has 0 aliphatic rings. The Bertz CT molecular complexity index is 489. The fourth-order valence-electron chi connectivity index (χ4n) is 1.48. The highest BCUT2D eigenvalue weighted by Gasteiger charge is 2.09. The Balaban J connectivity index is 2.27. The van der Waals surface area contributed by atoms with E-state index in [4.69, 9.17) is 0 Å². The van der Waals surface area contributed by atoms with E-state index in [0.29, 0.717) is 22.0 Å². The van der Waals surface area contributed by atoms with Crippen LogP contribution in [0.5, 0.6) is 0 Å². The minimum Gasteiger partial charge on any atom is -0.254 e. The molecule has 17 heavy (non-hydrogen) atoms. The van der Waals surface area contributed by atoms with Crippen LogP contribution in [0.4, 0.5) is 8.78 Å². The third kappa shape index (κ3) is 2.49. The highest BCUT2D eigenvalue weighted by atomic mass is 19.3. The minimum atomic E-state index is -2.61. The topological polar surface area (TPSA) is 30.7 Å². The highest BCUT2D eigenvalue weighted by molar-refractivity contribution is 5.53. The van der Waals surface area contributed by atoms with E-state index in [0.717, 1.165) is 5.56 Å². The fourth-order valence-corrected chi connectivity index (χ4v) is 1.48. The normalized spacial score (nSPS) is 11.4. The van der Waals surface area contributed by atoms with Gasteiger partial charge in [-0.2, -0.15) is 13.9 Å². The van der Waals surface area contributed by atoms with Gasteiger partial charge in [0, 0.05) is 12.4 Å². The summed E-state index contributed by atoms with van der Waals surface area (Å²) >= 11 is 0. The van der Waals surface area contributed by atoms with Crippen LogP contribution in [0.15, 0.2) is 30.6 Å². The lowest BCUT2D eigenvalue weighted by Crippen LogP contribution is -1.98. The van der Waals surface area contributed by atoms with Gasteiger partial charge in [0.25, 0.3) is 0 Å². The third-order valence-corrected chi connectivity index (χ3v) is 2.52. The molecule has 2 rings (SSSR count). The Morgan fingerprint density at radius 3 is 2.35 bits per heavy atom. The first-order chi connectivity index (χ1) is 8.08. The molecule has 3 nitrogen and oxygen atoms in total. The number of halogens is 2. The maximum absolute atomic E-state index is 12.3.